The molecule has 1 amide bonds. The number of sulfonamides is 1. The lowest BCUT2D eigenvalue weighted by Crippen LogP contribution is -2.47. The number of aliphatic hydroxyl groups excluding tert-OH is 1. The highest BCUT2D eigenvalue weighted by molar-refractivity contribution is 7.92. The number of carbonyl (C=O) groups excluding carboxylic acids is 1. The van der Waals surface area contributed by atoms with Crippen molar-refractivity contribution < 1.29 is 36.2 Å². The van der Waals surface area contributed by atoms with E-state index >= 15 is 0 Å². The van der Waals surface area contributed by atoms with Crippen LogP contribution in [0.1, 0.15) is 30.5 Å². The molecule has 4 rings (SSSR count). The smallest absolute Gasteiger partial charge is 0.416 e. The van der Waals surface area contributed by atoms with Crippen molar-refractivity contribution in [3.05, 3.63) is 89.5 Å². The molecule has 232 valence electrons. The minimum Gasteiger partial charge on any atom is -0.488 e. The fourth-order valence-electron chi connectivity index (χ4n) is 5.01. The van der Waals surface area contributed by atoms with Gasteiger partial charge < -0.3 is 14.7 Å². The van der Waals surface area contributed by atoms with Gasteiger partial charge in [-0.25, -0.2) is 8.42 Å². The van der Waals surface area contributed by atoms with E-state index in [1.807, 2.05) is 18.9 Å². The van der Waals surface area contributed by atoms with E-state index in [2.05, 4.69) is 4.72 Å². The average molecular weight is 620 g/mol. The highest BCUT2D eigenvalue weighted by Gasteiger charge is 2.32. The summed E-state index contributed by atoms with van der Waals surface area (Å²) in [5.41, 5.74) is 0.742. The molecule has 8 nitrogen and oxygen atoms in total. The second-order valence-corrected chi connectivity index (χ2v) is 12.7. The highest BCUT2D eigenvalue weighted by Crippen LogP contribution is 2.31. The zero-order valence-electron chi connectivity index (χ0n) is 24.2. The molecule has 0 bridgehead atoms. The number of likely N-dealkylation sites (N-methyl/N-ethyl adjacent to an activating group) is 1. The number of hydrogen-bond acceptors (Lipinski definition) is 6. The van der Waals surface area contributed by atoms with Crippen molar-refractivity contribution in [1.29, 1.82) is 0 Å². The van der Waals surface area contributed by atoms with Crippen LogP contribution < -0.4 is 9.46 Å². The van der Waals surface area contributed by atoms with Crippen molar-refractivity contribution in [2.24, 2.45) is 5.92 Å². The van der Waals surface area contributed by atoms with Gasteiger partial charge in [0.25, 0.3) is 10.0 Å². The molecule has 1 aliphatic heterocycles. The lowest BCUT2D eigenvalue weighted by atomic mass is 10.0. The van der Waals surface area contributed by atoms with Crippen molar-refractivity contribution in [2.75, 3.05) is 31.5 Å². The summed E-state index contributed by atoms with van der Waals surface area (Å²) in [6.07, 6.45) is -4.92. The van der Waals surface area contributed by atoms with Gasteiger partial charge in [-0.1, -0.05) is 37.3 Å². The largest absolute Gasteiger partial charge is 0.488 e. The second-order valence-electron chi connectivity index (χ2n) is 11.0. The first-order valence-corrected chi connectivity index (χ1v) is 15.4. The van der Waals surface area contributed by atoms with Gasteiger partial charge in [0.05, 0.1) is 29.5 Å². The number of ether oxygens (including phenoxy) is 1. The third kappa shape index (κ3) is 8.27. The van der Waals surface area contributed by atoms with E-state index in [1.165, 1.54) is 24.3 Å². The first-order chi connectivity index (χ1) is 20.3. The molecule has 1 aliphatic rings. The molecule has 0 fully saturated rings. The summed E-state index contributed by atoms with van der Waals surface area (Å²) in [5.74, 6) is 0.00424. The molecule has 0 spiro atoms. The second kappa shape index (κ2) is 13.4. The Labute approximate surface area is 250 Å². The summed E-state index contributed by atoms with van der Waals surface area (Å²) < 4.78 is 73.8. The van der Waals surface area contributed by atoms with Crippen LogP contribution in [0.2, 0.25) is 0 Å². The van der Waals surface area contributed by atoms with E-state index < -0.39 is 33.9 Å². The molecule has 2 N–H and O–H groups in total. The first-order valence-electron chi connectivity index (χ1n) is 13.9. The summed E-state index contributed by atoms with van der Waals surface area (Å²) in [6.45, 7) is 4.52. The SMILES string of the molecule is C[C@@H]1CN([C@@H](C)CO)C(=O)Cc2cc(NS(=O)(=O)c3ccccc3)ccc2O[C@@H]1CN(C)Cc1ccc(C(F)(F)F)cc1. The molecular weight excluding hydrogens is 583 g/mol. The van der Waals surface area contributed by atoms with Crippen molar-refractivity contribution in [2.45, 2.75) is 50.0 Å². The van der Waals surface area contributed by atoms with Crippen molar-refractivity contribution >= 4 is 21.6 Å². The predicted octanol–water partition coefficient (Wildman–Crippen LogP) is 4.79. The number of rotatable bonds is 9. The number of anilines is 1. The van der Waals surface area contributed by atoms with E-state index in [1.54, 1.807) is 48.2 Å². The van der Waals surface area contributed by atoms with Gasteiger partial charge in [0, 0.05) is 36.8 Å². The summed E-state index contributed by atoms with van der Waals surface area (Å²) in [6, 6.07) is 17.3. The number of nitrogens with zero attached hydrogens (tertiary/aromatic N) is 2. The lowest BCUT2D eigenvalue weighted by molar-refractivity contribution is -0.137. The maximum Gasteiger partial charge on any atom is 0.416 e. The Bertz CT molecular complexity index is 1500. The van der Waals surface area contributed by atoms with Crippen LogP contribution in [0.15, 0.2) is 77.7 Å². The number of benzene rings is 3. The number of hydrogen-bond donors (Lipinski definition) is 2. The number of alkyl halides is 3. The van der Waals surface area contributed by atoms with E-state index in [4.69, 9.17) is 4.74 Å². The maximum absolute atomic E-state index is 13.4. The Morgan fingerprint density at radius 3 is 2.40 bits per heavy atom. The van der Waals surface area contributed by atoms with Gasteiger partial charge in [-0.2, -0.15) is 13.2 Å². The van der Waals surface area contributed by atoms with Crippen LogP contribution in [0, 0.1) is 5.92 Å². The van der Waals surface area contributed by atoms with Gasteiger partial charge in [0.2, 0.25) is 5.91 Å². The molecule has 3 aromatic carbocycles. The van der Waals surface area contributed by atoms with Gasteiger partial charge in [0.1, 0.15) is 11.9 Å². The van der Waals surface area contributed by atoms with Gasteiger partial charge in [-0.3, -0.25) is 14.4 Å². The predicted molar refractivity (Wildman–Crippen MR) is 157 cm³/mol. The molecular formula is C31H36F3N3O5S. The van der Waals surface area contributed by atoms with Crippen LogP contribution >= 0.6 is 0 Å². The number of amides is 1. The zero-order chi connectivity index (χ0) is 31.4. The molecule has 43 heavy (non-hydrogen) atoms. The third-order valence-corrected chi connectivity index (χ3v) is 8.84. The summed E-state index contributed by atoms with van der Waals surface area (Å²) >= 11 is 0. The minimum atomic E-state index is -4.41. The third-order valence-electron chi connectivity index (χ3n) is 7.45. The molecule has 12 heteroatoms. The molecule has 0 radical (unpaired) electrons. The Kier molecular flexibility index (Phi) is 10.0. The Hall–Kier alpha value is -3.61. The van der Waals surface area contributed by atoms with Gasteiger partial charge in [-0.05, 0) is 62.0 Å². The summed E-state index contributed by atoms with van der Waals surface area (Å²) in [5, 5.41) is 9.86. The molecule has 3 atom stereocenters. The minimum absolute atomic E-state index is 0.0680. The molecule has 0 saturated heterocycles. The standard InChI is InChI=1S/C31H36F3N3O5S/c1-21-17-37(22(2)20-38)30(39)16-24-15-26(35-43(40,41)27-7-5-4-6-8-27)13-14-28(24)42-29(21)19-36(3)18-23-9-11-25(12-10-23)31(32,33)34/h4-15,21-22,29,35,38H,16-20H2,1-3H3/t21-,22+,29-/m1/s1. The van der Waals surface area contributed by atoms with Crippen molar-refractivity contribution in [3.63, 3.8) is 0 Å². The number of aliphatic hydroxyl groups is 1. The normalized spacial score (nSPS) is 18.7. The molecule has 0 aromatic heterocycles. The van der Waals surface area contributed by atoms with Crippen LogP contribution in [0.3, 0.4) is 0 Å². The molecule has 0 unspecified atom stereocenters. The molecule has 1 heterocycles. The summed E-state index contributed by atoms with van der Waals surface area (Å²) in [7, 11) is -2.03. The average Bonchev–Trinajstić information content (AvgIpc) is 3.00. The molecule has 3 aromatic rings. The van der Waals surface area contributed by atoms with Crippen LogP contribution in [-0.2, 0) is 34.0 Å². The monoisotopic (exact) mass is 619 g/mol. The molecule has 0 aliphatic carbocycles. The highest BCUT2D eigenvalue weighted by atomic mass is 32.2. The topological polar surface area (TPSA) is 99.2 Å². The Morgan fingerprint density at radius 1 is 1.09 bits per heavy atom. The molecule has 0 saturated carbocycles. The van der Waals surface area contributed by atoms with Crippen molar-refractivity contribution in [3.8, 4) is 5.75 Å². The fraction of sp³-hybridized carbons (Fsp3) is 0.387. The summed E-state index contributed by atoms with van der Waals surface area (Å²) in [4.78, 5) is 17.1. The van der Waals surface area contributed by atoms with E-state index in [-0.39, 0.29) is 35.4 Å². The van der Waals surface area contributed by atoms with Crippen LogP contribution in [-0.4, -0.2) is 68.1 Å². The van der Waals surface area contributed by atoms with Crippen LogP contribution in [0.5, 0.6) is 5.75 Å². The maximum atomic E-state index is 13.4. The van der Waals surface area contributed by atoms with E-state index in [0.29, 0.717) is 36.5 Å². The Balaban J connectivity index is 1.60. The van der Waals surface area contributed by atoms with Crippen molar-refractivity contribution in [1.82, 2.24) is 9.80 Å². The Morgan fingerprint density at radius 2 is 1.77 bits per heavy atom. The number of fused-ring (bicyclic) bond motifs is 1. The van der Waals surface area contributed by atoms with Gasteiger partial charge in [-0.15, -0.1) is 0 Å². The number of nitrogens with one attached hydrogen (secondary N) is 1. The van der Waals surface area contributed by atoms with Gasteiger partial charge >= 0.3 is 6.18 Å². The quantitative estimate of drug-likeness (QED) is 0.358. The van der Waals surface area contributed by atoms with Crippen LogP contribution in [0.4, 0.5) is 18.9 Å². The lowest BCUT2D eigenvalue weighted by Gasteiger charge is -2.34. The fourth-order valence-corrected chi connectivity index (χ4v) is 6.08. The van der Waals surface area contributed by atoms with E-state index in [0.717, 1.165) is 12.1 Å². The van der Waals surface area contributed by atoms with E-state index in [9.17, 15) is 31.5 Å². The first kappa shape index (κ1) is 32.3. The van der Waals surface area contributed by atoms with Gasteiger partial charge in [0.15, 0.2) is 0 Å². The van der Waals surface area contributed by atoms with Crippen LogP contribution in [0.25, 0.3) is 0 Å². The zero-order valence-corrected chi connectivity index (χ0v) is 25.0. The number of halogens is 3. The number of carbonyl (C=O) groups is 1.